The Kier molecular flexibility index (Phi) is 5.61. The first-order valence-electron chi connectivity index (χ1n) is 8.47. The Morgan fingerprint density at radius 3 is 2.36 bits per heavy atom. The van der Waals surface area contributed by atoms with Gasteiger partial charge in [0, 0.05) is 25.5 Å². The first-order valence-corrected chi connectivity index (χ1v) is 9.35. The van der Waals surface area contributed by atoms with Crippen LogP contribution in [0.15, 0.2) is 60.2 Å². The topological polar surface area (TPSA) is 33.2 Å². The number of hydrogen-bond donors (Lipinski definition) is 0. The Morgan fingerprint density at radius 1 is 1.04 bits per heavy atom. The maximum atomic E-state index is 13.1. The van der Waals surface area contributed by atoms with Gasteiger partial charge in [-0.15, -0.1) is 11.3 Å². The second kappa shape index (κ2) is 8.08. The van der Waals surface area contributed by atoms with Gasteiger partial charge in [0.15, 0.2) is 0 Å². The molecular weight excluding hydrogens is 328 g/mol. The van der Waals surface area contributed by atoms with Gasteiger partial charge < -0.3 is 4.90 Å². The van der Waals surface area contributed by atoms with Gasteiger partial charge in [-0.2, -0.15) is 0 Å². The molecule has 1 aromatic carbocycles. The molecule has 0 aliphatic carbocycles. The van der Waals surface area contributed by atoms with E-state index in [-0.39, 0.29) is 5.91 Å². The molecule has 2 heterocycles. The molecule has 25 heavy (non-hydrogen) atoms. The highest BCUT2D eigenvalue weighted by Gasteiger charge is 2.19. The molecule has 1 amide bonds. The zero-order chi connectivity index (χ0) is 17.6. The molecule has 4 heteroatoms. The largest absolute Gasteiger partial charge is 0.329 e. The average molecular weight is 350 g/mol. The van der Waals surface area contributed by atoms with Crippen molar-refractivity contribution in [2.24, 2.45) is 0 Å². The highest BCUT2D eigenvalue weighted by atomic mass is 32.1. The minimum atomic E-state index is 0.0796. The minimum Gasteiger partial charge on any atom is -0.329 e. The molecule has 0 saturated carbocycles. The van der Waals surface area contributed by atoms with Crippen molar-refractivity contribution in [2.45, 2.75) is 33.4 Å². The summed E-state index contributed by atoms with van der Waals surface area (Å²) in [4.78, 5) is 20.0. The SMILES string of the molecule is CCc1ccc(CN(Cc2cccnc2)C(=O)c2sccc2C)cc1. The van der Waals surface area contributed by atoms with E-state index < -0.39 is 0 Å². The van der Waals surface area contributed by atoms with Crippen LogP contribution in [0.5, 0.6) is 0 Å². The fraction of sp³-hybridized carbons (Fsp3) is 0.238. The van der Waals surface area contributed by atoms with Gasteiger partial charge in [0.25, 0.3) is 5.91 Å². The van der Waals surface area contributed by atoms with Crippen molar-refractivity contribution in [3.63, 3.8) is 0 Å². The molecule has 0 N–H and O–H groups in total. The second-order valence-electron chi connectivity index (χ2n) is 6.13. The van der Waals surface area contributed by atoms with Crippen molar-refractivity contribution in [1.29, 1.82) is 0 Å². The molecule has 0 bridgehead atoms. The third-order valence-corrected chi connectivity index (χ3v) is 5.25. The standard InChI is InChI=1S/C21H22N2OS/c1-3-17-6-8-18(9-7-17)14-23(15-19-5-4-11-22-13-19)21(24)20-16(2)10-12-25-20/h4-13H,3,14-15H2,1-2H3. The van der Waals surface area contributed by atoms with Crippen LogP contribution in [0.2, 0.25) is 0 Å². The Bertz CT molecular complexity index is 825. The zero-order valence-corrected chi connectivity index (χ0v) is 15.4. The van der Waals surface area contributed by atoms with E-state index in [1.165, 1.54) is 16.9 Å². The van der Waals surface area contributed by atoms with Crippen LogP contribution in [0.4, 0.5) is 0 Å². The summed E-state index contributed by atoms with van der Waals surface area (Å²) in [6, 6.07) is 14.4. The summed E-state index contributed by atoms with van der Waals surface area (Å²) < 4.78 is 0. The number of thiophene rings is 1. The molecule has 3 aromatic rings. The molecule has 0 unspecified atom stereocenters. The predicted molar refractivity (Wildman–Crippen MR) is 103 cm³/mol. The number of pyridine rings is 1. The van der Waals surface area contributed by atoms with Gasteiger partial charge in [0.1, 0.15) is 0 Å². The summed E-state index contributed by atoms with van der Waals surface area (Å²) in [6.07, 6.45) is 4.59. The van der Waals surface area contributed by atoms with Crippen molar-refractivity contribution in [2.75, 3.05) is 0 Å². The number of carbonyl (C=O) groups is 1. The quantitative estimate of drug-likeness (QED) is 0.636. The van der Waals surface area contributed by atoms with Gasteiger partial charge >= 0.3 is 0 Å². The molecular formula is C21H22N2OS. The fourth-order valence-corrected chi connectivity index (χ4v) is 3.64. The monoisotopic (exact) mass is 350 g/mol. The first kappa shape index (κ1) is 17.4. The normalized spacial score (nSPS) is 10.6. The summed E-state index contributed by atoms with van der Waals surface area (Å²) in [6.45, 7) is 5.28. The zero-order valence-electron chi connectivity index (χ0n) is 14.6. The lowest BCUT2D eigenvalue weighted by molar-refractivity contribution is 0.0734. The molecule has 128 valence electrons. The van der Waals surface area contributed by atoms with E-state index in [1.807, 2.05) is 41.6 Å². The number of aryl methyl sites for hydroxylation is 2. The number of nitrogens with zero attached hydrogens (tertiary/aromatic N) is 2. The smallest absolute Gasteiger partial charge is 0.264 e. The highest BCUT2D eigenvalue weighted by Crippen LogP contribution is 2.21. The van der Waals surface area contributed by atoms with Gasteiger partial charge in [-0.05, 0) is 53.1 Å². The summed E-state index contributed by atoms with van der Waals surface area (Å²) >= 11 is 1.51. The maximum Gasteiger partial charge on any atom is 0.264 e. The third kappa shape index (κ3) is 4.34. The van der Waals surface area contributed by atoms with Gasteiger partial charge in [-0.3, -0.25) is 9.78 Å². The van der Waals surface area contributed by atoms with Crippen LogP contribution in [0.25, 0.3) is 0 Å². The van der Waals surface area contributed by atoms with E-state index >= 15 is 0 Å². The number of amides is 1. The van der Waals surface area contributed by atoms with Crippen LogP contribution in [0.1, 0.15) is 38.8 Å². The summed E-state index contributed by atoms with van der Waals surface area (Å²) in [5.74, 6) is 0.0796. The van der Waals surface area contributed by atoms with E-state index in [9.17, 15) is 4.79 Å². The molecule has 0 fully saturated rings. The number of hydrogen-bond acceptors (Lipinski definition) is 3. The van der Waals surface area contributed by atoms with Crippen molar-refractivity contribution < 1.29 is 4.79 Å². The van der Waals surface area contributed by atoms with E-state index in [2.05, 4.69) is 36.2 Å². The average Bonchev–Trinajstić information content (AvgIpc) is 3.08. The number of benzene rings is 1. The van der Waals surface area contributed by atoms with Crippen molar-refractivity contribution in [3.8, 4) is 0 Å². The van der Waals surface area contributed by atoms with Crippen LogP contribution in [-0.2, 0) is 19.5 Å². The molecule has 3 nitrogen and oxygen atoms in total. The molecule has 0 aliphatic rings. The number of carbonyl (C=O) groups excluding carboxylic acids is 1. The minimum absolute atomic E-state index is 0.0796. The Balaban J connectivity index is 1.85. The molecule has 3 rings (SSSR count). The number of aromatic nitrogens is 1. The lowest BCUT2D eigenvalue weighted by Crippen LogP contribution is -2.30. The van der Waals surface area contributed by atoms with Crippen molar-refractivity contribution >= 4 is 17.2 Å². The molecule has 2 aromatic heterocycles. The molecule has 0 aliphatic heterocycles. The molecule has 0 radical (unpaired) electrons. The van der Waals surface area contributed by atoms with Crippen LogP contribution in [0.3, 0.4) is 0 Å². The van der Waals surface area contributed by atoms with Crippen molar-refractivity contribution in [1.82, 2.24) is 9.88 Å². The van der Waals surface area contributed by atoms with Crippen LogP contribution < -0.4 is 0 Å². The highest BCUT2D eigenvalue weighted by molar-refractivity contribution is 7.12. The Hall–Kier alpha value is -2.46. The maximum absolute atomic E-state index is 13.1. The summed E-state index contributed by atoms with van der Waals surface area (Å²) in [7, 11) is 0. The Morgan fingerprint density at radius 2 is 1.76 bits per heavy atom. The van der Waals surface area contributed by atoms with Gasteiger partial charge in [-0.25, -0.2) is 0 Å². The summed E-state index contributed by atoms with van der Waals surface area (Å²) in [5.41, 5.74) is 4.52. The van der Waals surface area contributed by atoms with E-state index in [0.717, 1.165) is 28.0 Å². The lowest BCUT2D eigenvalue weighted by Gasteiger charge is -2.23. The lowest BCUT2D eigenvalue weighted by atomic mass is 10.1. The van der Waals surface area contributed by atoms with Gasteiger partial charge in [0.05, 0.1) is 4.88 Å². The molecule has 0 atom stereocenters. The predicted octanol–water partition coefficient (Wildman–Crippen LogP) is 4.86. The van der Waals surface area contributed by atoms with E-state index in [4.69, 9.17) is 0 Å². The first-order chi connectivity index (χ1) is 12.2. The van der Waals surface area contributed by atoms with Gasteiger partial charge in [0.2, 0.25) is 0 Å². The Labute approximate surface area is 153 Å². The van der Waals surface area contributed by atoms with Crippen molar-refractivity contribution in [3.05, 3.63) is 87.4 Å². The van der Waals surface area contributed by atoms with Crippen LogP contribution in [-0.4, -0.2) is 15.8 Å². The fourth-order valence-electron chi connectivity index (χ4n) is 2.75. The number of rotatable bonds is 6. The molecule has 0 spiro atoms. The third-order valence-electron chi connectivity index (χ3n) is 4.24. The summed E-state index contributed by atoms with van der Waals surface area (Å²) in [5, 5.41) is 1.97. The van der Waals surface area contributed by atoms with Gasteiger partial charge in [-0.1, -0.05) is 37.3 Å². The van der Waals surface area contributed by atoms with E-state index in [1.54, 1.807) is 6.20 Å². The molecule has 0 saturated heterocycles. The van der Waals surface area contributed by atoms with E-state index in [0.29, 0.717) is 13.1 Å². The van der Waals surface area contributed by atoms with Crippen LogP contribution >= 0.6 is 11.3 Å². The second-order valence-corrected chi connectivity index (χ2v) is 7.04. The van der Waals surface area contributed by atoms with Crippen LogP contribution in [0, 0.1) is 6.92 Å².